The minimum Gasteiger partial charge on any atom is -0.497 e. The van der Waals surface area contributed by atoms with E-state index in [0.29, 0.717) is 0 Å². The Balaban J connectivity index is 2.60. The molecule has 0 aromatic heterocycles. The maximum atomic E-state index is 5.12. The molecule has 3 N–H and O–H groups in total. The summed E-state index contributed by atoms with van der Waals surface area (Å²) in [6, 6.07) is 8.19. The first kappa shape index (κ1) is 9.07. The van der Waals surface area contributed by atoms with Crippen LogP contribution in [0.2, 0.25) is 0 Å². The van der Waals surface area contributed by atoms with Crippen LogP contribution >= 0.6 is 0 Å². The van der Waals surface area contributed by atoms with Gasteiger partial charge in [-0.3, -0.25) is 0 Å². The van der Waals surface area contributed by atoms with E-state index in [-0.39, 0.29) is 0 Å². The van der Waals surface area contributed by atoms with E-state index < -0.39 is 0 Å². The third-order valence-corrected chi connectivity index (χ3v) is 1.85. The Bertz CT molecular complexity index is 235. The number of benzene rings is 1. The van der Waals surface area contributed by atoms with Gasteiger partial charge in [-0.05, 0) is 24.1 Å². The van der Waals surface area contributed by atoms with E-state index in [1.165, 1.54) is 5.56 Å². The first-order valence-corrected chi connectivity index (χ1v) is 4.29. The summed E-state index contributed by atoms with van der Waals surface area (Å²) in [5.41, 5.74) is 5.14. The van der Waals surface area contributed by atoms with E-state index in [0.717, 1.165) is 25.1 Å². The molecule has 1 rings (SSSR count). The SMILES string of the molecule is COc1cccc(CCC[NH3+])c1. The number of methoxy groups -OCH3 is 1. The van der Waals surface area contributed by atoms with Crippen LogP contribution in [0.25, 0.3) is 0 Å². The van der Waals surface area contributed by atoms with Gasteiger partial charge in [0.2, 0.25) is 0 Å². The van der Waals surface area contributed by atoms with Crippen LogP contribution in [0.1, 0.15) is 12.0 Å². The number of ether oxygens (including phenoxy) is 1. The minimum absolute atomic E-state index is 0.941. The van der Waals surface area contributed by atoms with Gasteiger partial charge in [-0.25, -0.2) is 0 Å². The number of quaternary nitrogens is 1. The van der Waals surface area contributed by atoms with Crippen LogP contribution in [0, 0.1) is 0 Å². The van der Waals surface area contributed by atoms with E-state index in [4.69, 9.17) is 4.74 Å². The lowest BCUT2D eigenvalue weighted by atomic mass is 10.1. The van der Waals surface area contributed by atoms with Crippen molar-refractivity contribution in [3.8, 4) is 5.75 Å². The van der Waals surface area contributed by atoms with Crippen LogP contribution in [0.15, 0.2) is 24.3 Å². The largest absolute Gasteiger partial charge is 0.497 e. The lowest BCUT2D eigenvalue weighted by molar-refractivity contribution is -0.368. The Labute approximate surface area is 73.3 Å². The molecule has 0 aliphatic heterocycles. The molecule has 0 saturated heterocycles. The van der Waals surface area contributed by atoms with Gasteiger partial charge in [0, 0.05) is 6.42 Å². The Kier molecular flexibility index (Phi) is 3.61. The summed E-state index contributed by atoms with van der Waals surface area (Å²) in [6.07, 6.45) is 2.24. The average Bonchev–Trinajstić information content (AvgIpc) is 2.15. The molecule has 0 unspecified atom stereocenters. The molecule has 0 aliphatic carbocycles. The molecule has 0 saturated carbocycles. The van der Waals surface area contributed by atoms with Crippen molar-refractivity contribution in [2.45, 2.75) is 12.8 Å². The molecule has 1 aromatic carbocycles. The van der Waals surface area contributed by atoms with E-state index in [2.05, 4.69) is 17.9 Å². The van der Waals surface area contributed by atoms with Crippen molar-refractivity contribution in [3.63, 3.8) is 0 Å². The topological polar surface area (TPSA) is 36.9 Å². The van der Waals surface area contributed by atoms with Gasteiger partial charge in [0.1, 0.15) is 5.75 Å². The quantitative estimate of drug-likeness (QED) is 0.708. The highest BCUT2D eigenvalue weighted by Crippen LogP contribution is 2.13. The Morgan fingerprint density at radius 2 is 2.25 bits per heavy atom. The highest BCUT2D eigenvalue weighted by Gasteiger charge is 1.94. The summed E-state index contributed by atoms with van der Waals surface area (Å²) in [6.45, 7) is 0.997. The molecule has 1 aromatic rings. The normalized spacial score (nSPS) is 9.83. The van der Waals surface area contributed by atoms with Crippen molar-refractivity contribution in [2.24, 2.45) is 0 Å². The summed E-state index contributed by atoms with van der Waals surface area (Å²) < 4.78 is 5.12. The molecule has 12 heavy (non-hydrogen) atoms. The van der Waals surface area contributed by atoms with Crippen LogP contribution in [-0.2, 0) is 6.42 Å². The van der Waals surface area contributed by atoms with Gasteiger partial charge in [-0.2, -0.15) is 0 Å². The summed E-state index contributed by atoms with van der Waals surface area (Å²) in [5.74, 6) is 0.941. The summed E-state index contributed by atoms with van der Waals surface area (Å²) >= 11 is 0. The first-order chi connectivity index (χ1) is 5.86. The molecule has 0 amide bonds. The highest BCUT2D eigenvalue weighted by atomic mass is 16.5. The zero-order chi connectivity index (χ0) is 8.81. The smallest absolute Gasteiger partial charge is 0.119 e. The summed E-state index contributed by atoms with van der Waals surface area (Å²) in [5, 5.41) is 0. The maximum Gasteiger partial charge on any atom is 0.119 e. The maximum absolute atomic E-state index is 5.12. The molecular weight excluding hydrogens is 150 g/mol. The molecule has 0 spiro atoms. The average molecular weight is 166 g/mol. The molecule has 0 aliphatic rings. The molecule has 0 atom stereocenters. The second-order valence-corrected chi connectivity index (χ2v) is 2.81. The molecule has 0 radical (unpaired) electrons. The molecule has 0 bridgehead atoms. The van der Waals surface area contributed by atoms with Crippen LogP contribution in [-0.4, -0.2) is 13.7 Å². The van der Waals surface area contributed by atoms with Crippen LogP contribution < -0.4 is 10.5 Å². The van der Waals surface area contributed by atoms with Gasteiger partial charge in [-0.15, -0.1) is 0 Å². The van der Waals surface area contributed by atoms with Crippen molar-refractivity contribution in [1.29, 1.82) is 0 Å². The van der Waals surface area contributed by atoms with Gasteiger partial charge in [0.15, 0.2) is 0 Å². The monoisotopic (exact) mass is 166 g/mol. The van der Waals surface area contributed by atoms with Crippen LogP contribution in [0.5, 0.6) is 5.75 Å². The number of hydrogen-bond acceptors (Lipinski definition) is 1. The minimum atomic E-state index is 0.941. The number of hydrogen-bond donors (Lipinski definition) is 1. The fraction of sp³-hybridized carbons (Fsp3) is 0.400. The van der Waals surface area contributed by atoms with Gasteiger partial charge in [-0.1, -0.05) is 12.1 Å². The molecule has 0 heterocycles. The van der Waals surface area contributed by atoms with Crippen molar-refractivity contribution in [2.75, 3.05) is 13.7 Å². The van der Waals surface area contributed by atoms with Gasteiger partial charge in [0.25, 0.3) is 0 Å². The van der Waals surface area contributed by atoms with E-state index in [1.54, 1.807) is 7.11 Å². The van der Waals surface area contributed by atoms with Gasteiger partial charge < -0.3 is 10.5 Å². The lowest BCUT2D eigenvalue weighted by Crippen LogP contribution is -2.50. The third-order valence-electron chi connectivity index (χ3n) is 1.85. The Hall–Kier alpha value is -1.02. The molecule has 2 nitrogen and oxygen atoms in total. The molecule has 2 heteroatoms. The fourth-order valence-electron chi connectivity index (χ4n) is 1.16. The Morgan fingerprint density at radius 3 is 2.92 bits per heavy atom. The van der Waals surface area contributed by atoms with E-state index >= 15 is 0 Å². The number of aryl methyl sites for hydroxylation is 1. The van der Waals surface area contributed by atoms with Crippen molar-refractivity contribution in [1.82, 2.24) is 0 Å². The number of rotatable bonds is 4. The predicted octanol–water partition coefficient (Wildman–Crippen LogP) is 0.870. The standard InChI is InChI=1S/C10H15NO/c1-12-10-6-2-4-9(8-10)5-3-7-11/h2,4,6,8H,3,5,7,11H2,1H3/p+1. The molecule has 0 fully saturated rings. The van der Waals surface area contributed by atoms with E-state index in [9.17, 15) is 0 Å². The van der Waals surface area contributed by atoms with Crippen molar-refractivity contribution in [3.05, 3.63) is 29.8 Å². The molecular formula is C10H16NO+. The molecule has 66 valence electrons. The van der Waals surface area contributed by atoms with Crippen LogP contribution in [0.3, 0.4) is 0 Å². The zero-order valence-corrected chi connectivity index (χ0v) is 7.55. The van der Waals surface area contributed by atoms with E-state index in [1.807, 2.05) is 12.1 Å². The summed E-state index contributed by atoms with van der Waals surface area (Å²) in [4.78, 5) is 0. The van der Waals surface area contributed by atoms with Crippen molar-refractivity contribution >= 4 is 0 Å². The highest BCUT2D eigenvalue weighted by molar-refractivity contribution is 5.28. The second kappa shape index (κ2) is 4.78. The summed E-state index contributed by atoms with van der Waals surface area (Å²) in [7, 11) is 1.69. The Morgan fingerprint density at radius 1 is 1.42 bits per heavy atom. The predicted molar refractivity (Wildman–Crippen MR) is 49.1 cm³/mol. The third kappa shape index (κ3) is 2.55. The fourth-order valence-corrected chi connectivity index (χ4v) is 1.16. The van der Waals surface area contributed by atoms with Gasteiger partial charge >= 0.3 is 0 Å². The van der Waals surface area contributed by atoms with Crippen molar-refractivity contribution < 1.29 is 10.5 Å². The first-order valence-electron chi connectivity index (χ1n) is 4.29. The lowest BCUT2D eigenvalue weighted by Gasteiger charge is -2.02. The zero-order valence-electron chi connectivity index (χ0n) is 7.55. The van der Waals surface area contributed by atoms with Gasteiger partial charge in [0.05, 0.1) is 13.7 Å². The van der Waals surface area contributed by atoms with Crippen LogP contribution in [0.4, 0.5) is 0 Å². The second-order valence-electron chi connectivity index (χ2n) is 2.81.